The van der Waals surface area contributed by atoms with Crippen molar-refractivity contribution in [2.75, 3.05) is 19.0 Å². The summed E-state index contributed by atoms with van der Waals surface area (Å²) in [5.74, 6) is 0. The molecule has 0 atom stereocenters. The van der Waals surface area contributed by atoms with Gasteiger partial charge < -0.3 is 4.90 Å². The maximum atomic E-state index is 9.06. The molecule has 0 saturated carbocycles. The molecule has 0 aliphatic heterocycles. The van der Waals surface area contributed by atoms with E-state index in [1.165, 1.54) is 23.1 Å². The summed E-state index contributed by atoms with van der Waals surface area (Å²) in [6.45, 7) is 0. The van der Waals surface area contributed by atoms with Crippen LogP contribution in [0.5, 0.6) is 0 Å². The highest BCUT2D eigenvalue weighted by Crippen LogP contribution is 2.35. The topological polar surface area (TPSA) is 52.8 Å². The van der Waals surface area contributed by atoms with Gasteiger partial charge in [0, 0.05) is 23.5 Å². The highest BCUT2D eigenvalue weighted by atomic mass is 79.9. The Morgan fingerprint density at radius 3 is 2.78 bits per heavy atom. The van der Waals surface area contributed by atoms with Gasteiger partial charge in [-0.05, 0) is 18.2 Å². The lowest BCUT2D eigenvalue weighted by Gasteiger charge is -2.04. The fourth-order valence-corrected chi connectivity index (χ4v) is 3.55. The third-order valence-corrected chi connectivity index (χ3v) is 4.73. The molecule has 0 aliphatic carbocycles. The molecule has 92 valence electrons. The van der Waals surface area contributed by atoms with Crippen LogP contribution in [0.2, 0.25) is 0 Å². The van der Waals surface area contributed by atoms with Crippen LogP contribution >= 0.6 is 39.0 Å². The summed E-state index contributed by atoms with van der Waals surface area (Å²) in [6, 6.07) is 7.74. The summed E-state index contributed by atoms with van der Waals surface area (Å²) in [5, 5.41) is 18.1. The molecule has 0 N–H and O–H groups in total. The van der Waals surface area contributed by atoms with Gasteiger partial charge in [0.25, 0.3) is 0 Å². The molecule has 0 amide bonds. The van der Waals surface area contributed by atoms with E-state index in [0.717, 1.165) is 18.8 Å². The van der Waals surface area contributed by atoms with E-state index in [-0.39, 0.29) is 0 Å². The van der Waals surface area contributed by atoms with Crippen LogP contribution in [-0.2, 0) is 0 Å². The monoisotopic (exact) mass is 340 g/mol. The molecule has 4 nitrogen and oxygen atoms in total. The molecule has 1 aromatic carbocycles. The lowest BCUT2D eigenvalue weighted by Crippen LogP contribution is -2.07. The Labute approximate surface area is 122 Å². The Kier molecular flexibility index (Phi) is 4.22. The molecular formula is C11H9BrN4S2. The van der Waals surface area contributed by atoms with Crippen molar-refractivity contribution >= 4 is 44.2 Å². The highest BCUT2D eigenvalue weighted by Gasteiger charge is 2.10. The van der Waals surface area contributed by atoms with Gasteiger partial charge in [-0.15, -0.1) is 10.2 Å². The van der Waals surface area contributed by atoms with Crippen LogP contribution in [0, 0.1) is 11.3 Å². The Morgan fingerprint density at radius 1 is 1.39 bits per heavy atom. The third kappa shape index (κ3) is 3.02. The van der Waals surface area contributed by atoms with Gasteiger partial charge in [-0.1, -0.05) is 39.0 Å². The molecule has 2 rings (SSSR count). The van der Waals surface area contributed by atoms with Gasteiger partial charge >= 0.3 is 0 Å². The lowest BCUT2D eigenvalue weighted by atomic mass is 10.2. The quantitative estimate of drug-likeness (QED) is 0.857. The highest BCUT2D eigenvalue weighted by molar-refractivity contribution is 9.10. The van der Waals surface area contributed by atoms with Crippen LogP contribution in [0.25, 0.3) is 0 Å². The van der Waals surface area contributed by atoms with Crippen molar-refractivity contribution in [2.45, 2.75) is 9.24 Å². The van der Waals surface area contributed by atoms with Crippen LogP contribution in [0.4, 0.5) is 5.13 Å². The third-order valence-electron chi connectivity index (χ3n) is 2.04. The Bertz CT molecular complexity index is 603. The van der Waals surface area contributed by atoms with Crippen molar-refractivity contribution < 1.29 is 0 Å². The summed E-state index contributed by atoms with van der Waals surface area (Å²) in [5.41, 5.74) is 0.643. The molecule has 18 heavy (non-hydrogen) atoms. The smallest absolute Gasteiger partial charge is 0.208 e. The zero-order valence-electron chi connectivity index (χ0n) is 9.72. The molecule has 0 radical (unpaired) electrons. The molecule has 0 unspecified atom stereocenters. The average molecular weight is 341 g/mol. The number of anilines is 1. The first-order valence-electron chi connectivity index (χ1n) is 4.98. The van der Waals surface area contributed by atoms with Gasteiger partial charge in [-0.2, -0.15) is 5.26 Å². The molecule has 2 aromatic rings. The minimum absolute atomic E-state index is 0.643. The number of halogens is 1. The van der Waals surface area contributed by atoms with E-state index < -0.39 is 0 Å². The minimum atomic E-state index is 0.643. The molecule has 0 bridgehead atoms. The van der Waals surface area contributed by atoms with Crippen molar-refractivity contribution in [1.29, 1.82) is 5.26 Å². The molecule has 0 fully saturated rings. The van der Waals surface area contributed by atoms with Crippen LogP contribution in [0.1, 0.15) is 5.56 Å². The van der Waals surface area contributed by atoms with Crippen molar-refractivity contribution in [2.24, 2.45) is 0 Å². The lowest BCUT2D eigenvalue weighted by molar-refractivity contribution is 0.972. The largest absolute Gasteiger partial charge is 0.353 e. The van der Waals surface area contributed by atoms with Gasteiger partial charge in [0.05, 0.1) is 5.56 Å². The van der Waals surface area contributed by atoms with Crippen molar-refractivity contribution in [3.63, 3.8) is 0 Å². The standard InChI is InChI=1S/C11H9BrN4S2/c1-16(2)10-14-15-11(18-10)17-9-5-8(12)4-3-7(9)6-13/h3-5H,1-2H3. The van der Waals surface area contributed by atoms with E-state index in [0.29, 0.717) is 5.56 Å². The number of hydrogen-bond acceptors (Lipinski definition) is 6. The zero-order valence-corrected chi connectivity index (χ0v) is 12.9. The SMILES string of the molecule is CN(C)c1nnc(Sc2cc(Br)ccc2C#N)s1. The maximum absolute atomic E-state index is 9.06. The second-order valence-electron chi connectivity index (χ2n) is 3.60. The van der Waals surface area contributed by atoms with E-state index in [1.807, 2.05) is 31.1 Å². The predicted octanol–water partition coefficient (Wildman–Crippen LogP) is 3.39. The molecule has 7 heteroatoms. The summed E-state index contributed by atoms with van der Waals surface area (Å²) in [7, 11) is 3.85. The summed E-state index contributed by atoms with van der Waals surface area (Å²) < 4.78 is 1.77. The minimum Gasteiger partial charge on any atom is -0.353 e. The van der Waals surface area contributed by atoms with Gasteiger partial charge in [0.15, 0.2) is 4.34 Å². The van der Waals surface area contributed by atoms with Gasteiger partial charge in [0.2, 0.25) is 5.13 Å². The van der Waals surface area contributed by atoms with Crippen LogP contribution in [0.3, 0.4) is 0 Å². The van der Waals surface area contributed by atoms with Crippen LogP contribution in [-0.4, -0.2) is 24.3 Å². The average Bonchev–Trinajstić information content (AvgIpc) is 2.78. The molecule has 1 heterocycles. The van der Waals surface area contributed by atoms with Crippen molar-refractivity contribution in [1.82, 2.24) is 10.2 Å². The number of nitrogens with zero attached hydrogens (tertiary/aromatic N) is 4. The summed E-state index contributed by atoms with van der Waals surface area (Å²) in [4.78, 5) is 2.79. The molecule has 1 aromatic heterocycles. The van der Waals surface area contributed by atoms with E-state index in [2.05, 4.69) is 32.2 Å². The Morgan fingerprint density at radius 2 is 2.17 bits per heavy atom. The van der Waals surface area contributed by atoms with Gasteiger partial charge in [-0.25, -0.2) is 0 Å². The number of hydrogen-bond donors (Lipinski definition) is 0. The maximum Gasteiger partial charge on any atom is 0.208 e. The van der Waals surface area contributed by atoms with Crippen LogP contribution in [0.15, 0.2) is 31.9 Å². The van der Waals surface area contributed by atoms with E-state index >= 15 is 0 Å². The van der Waals surface area contributed by atoms with E-state index in [9.17, 15) is 0 Å². The van der Waals surface area contributed by atoms with Crippen molar-refractivity contribution in [3.05, 3.63) is 28.2 Å². The van der Waals surface area contributed by atoms with E-state index in [1.54, 1.807) is 6.07 Å². The van der Waals surface area contributed by atoms with Gasteiger partial charge in [0.1, 0.15) is 6.07 Å². The Balaban J connectivity index is 2.28. The fourth-order valence-electron chi connectivity index (χ4n) is 1.19. The van der Waals surface area contributed by atoms with E-state index in [4.69, 9.17) is 5.26 Å². The first kappa shape index (κ1) is 13.3. The van der Waals surface area contributed by atoms with Crippen molar-refractivity contribution in [3.8, 4) is 6.07 Å². The fraction of sp³-hybridized carbons (Fsp3) is 0.182. The van der Waals surface area contributed by atoms with Gasteiger partial charge in [-0.3, -0.25) is 0 Å². The predicted molar refractivity (Wildman–Crippen MR) is 77.2 cm³/mol. The van der Waals surface area contributed by atoms with Crippen LogP contribution < -0.4 is 4.90 Å². The number of benzene rings is 1. The summed E-state index contributed by atoms with van der Waals surface area (Å²) in [6.07, 6.45) is 0. The molecule has 0 saturated heterocycles. The second-order valence-corrected chi connectivity index (χ2v) is 6.76. The summed E-state index contributed by atoms with van der Waals surface area (Å²) >= 11 is 6.36. The molecule has 0 aliphatic rings. The first-order chi connectivity index (χ1) is 8.60. The number of rotatable bonds is 3. The second kappa shape index (κ2) is 5.69. The normalized spacial score (nSPS) is 10.1. The number of nitriles is 1. The Hall–Kier alpha value is -1.10. The molecule has 0 spiro atoms. The first-order valence-corrected chi connectivity index (χ1v) is 7.41. The zero-order chi connectivity index (χ0) is 13.1. The molecular weight excluding hydrogens is 332 g/mol. The number of aromatic nitrogens is 2.